The molecular weight excluding hydrogens is 491 g/mol. The molecule has 1 aromatic heterocycles. The minimum Gasteiger partial charge on any atom is -0.643 e. The van der Waals surface area contributed by atoms with Gasteiger partial charge >= 0.3 is 14.5 Å². The van der Waals surface area contributed by atoms with Crippen LogP contribution in [0.5, 0.6) is 5.75 Å². The van der Waals surface area contributed by atoms with Gasteiger partial charge < -0.3 is 8.77 Å². The standard InChI is InChI=1S/C31H52N2O.2C2H5.Al/c1-3-5-7-9-11-13-15-17-19-21-29-30(22-20-18-16-14-12-10-8-6-4-2)33-31(32-29)27-23-25-28(34)26-24-27;2*1-2;/h23-26,34H,3-22H2,1-2H3,(H,32,33);2*1H2,2H3;/q;;;+1/p-1. The molecule has 39 heavy (non-hydrogen) atoms. The van der Waals surface area contributed by atoms with E-state index in [0.717, 1.165) is 24.4 Å². The minimum atomic E-state index is -1.10. The first-order valence-electron chi connectivity index (χ1n) is 17.1. The maximum Gasteiger partial charge on any atom is 0.546 e. The van der Waals surface area contributed by atoms with Crippen LogP contribution in [0.25, 0.3) is 11.4 Å². The molecular formula is C35H61AlN2O. The topological polar surface area (TPSA) is 37.9 Å². The molecule has 220 valence electrons. The number of hydrogen-bond acceptors (Lipinski definition) is 2. The van der Waals surface area contributed by atoms with E-state index >= 15 is 0 Å². The number of aromatic amines is 1. The summed E-state index contributed by atoms with van der Waals surface area (Å²) in [5.41, 5.74) is 3.88. The third-order valence-corrected chi connectivity index (χ3v) is 10.7. The lowest BCUT2D eigenvalue weighted by Gasteiger charge is -2.12. The molecule has 0 unspecified atom stereocenters. The summed E-state index contributed by atoms with van der Waals surface area (Å²) in [6.45, 7) is 9.10. The Morgan fingerprint density at radius 1 is 0.590 bits per heavy atom. The van der Waals surface area contributed by atoms with Crippen molar-refractivity contribution in [3.63, 3.8) is 0 Å². The normalized spacial score (nSPS) is 11.3. The summed E-state index contributed by atoms with van der Waals surface area (Å²) in [5.74, 6) is 2.06. The highest BCUT2D eigenvalue weighted by molar-refractivity contribution is 6.52. The number of imidazole rings is 1. The molecule has 0 aliphatic carbocycles. The fraction of sp³-hybridized carbons (Fsp3) is 0.743. The smallest absolute Gasteiger partial charge is 0.546 e. The quantitative estimate of drug-likeness (QED) is 0.0982. The molecule has 1 N–H and O–H groups in total. The highest BCUT2D eigenvalue weighted by Gasteiger charge is 2.18. The lowest BCUT2D eigenvalue weighted by molar-refractivity contribution is 0.559. The number of benzene rings is 1. The zero-order valence-corrected chi connectivity index (χ0v) is 27.5. The van der Waals surface area contributed by atoms with Gasteiger partial charge in [-0.25, -0.2) is 4.98 Å². The van der Waals surface area contributed by atoms with Crippen LogP contribution in [0.3, 0.4) is 0 Å². The molecule has 4 heteroatoms. The van der Waals surface area contributed by atoms with Crippen molar-refractivity contribution in [1.82, 2.24) is 9.97 Å². The van der Waals surface area contributed by atoms with Crippen LogP contribution in [0.2, 0.25) is 10.6 Å². The molecule has 0 amide bonds. The second-order valence-electron chi connectivity index (χ2n) is 11.7. The largest absolute Gasteiger partial charge is 0.643 e. The van der Waals surface area contributed by atoms with E-state index in [1.54, 1.807) is 0 Å². The Labute approximate surface area is 247 Å². The SMILES string of the molecule is CCCCCCCCCCCc1nc(-c2ccc([O][Al]([CH2]C)[CH2]C)cc2)[nH]c1CCCCCCCCCCC. The first kappa shape index (κ1) is 34.0. The van der Waals surface area contributed by atoms with E-state index in [1.165, 1.54) is 143 Å². The van der Waals surface area contributed by atoms with E-state index in [0.29, 0.717) is 0 Å². The summed E-state index contributed by atoms with van der Waals surface area (Å²) >= 11 is -1.10. The first-order valence-corrected chi connectivity index (χ1v) is 19.2. The van der Waals surface area contributed by atoms with E-state index in [1.807, 2.05) is 0 Å². The molecule has 2 aromatic rings. The molecule has 0 bridgehead atoms. The van der Waals surface area contributed by atoms with Crippen LogP contribution >= 0.6 is 0 Å². The lowest BCUT2D eigenvalue weighted by atomic mass is 10.0. The predicted octanol–water partition coefficient (Wildman–Crippen LogP) is 11.6. The fourth-order valence-electron chi connectivity index (χ4n) is 5.55. The van der Waals surface area contributed by atoms with Crippen molar-refractivity contribution in [2.45, 2.75) is 167 Å². The van der Waals surface area contributed by atoms with Gasteiger partial charge in [0.05, 0.1) is 11.4 Å². The van der Waals surface area contributed by atoms with Crippen molar-refractivity contribution in [3.05, 3.63) is 35.7 Å². The van der Waals surface area contributed by atoms with Gasteiger partial charge in [0.2, 0.25) is 0 Å². The number of rotatable bonds is 25. The molecule has 0 radical (unpaired) electrons. The van der Waals surface area contributed by atoms with Gasteiger partial charge in [0.25, 0.3) is 0 Å². The summed E-state index contributed by atoms with van der Waals surface area (Å²) < 4.78 is 6.27. The predicted molar refractivity (Wildman–Crippen MR) is 173 cm³/mol. The first-order chi connectivity index (χ1) is 19.2. The van der Waals surface area contributed by atoms with E-state index in [2.05, 4.69) is 56.9 Å². The number of nitrogens with one attached hydrogen (secondary N) is 1. The molecule has 0 aliphatic rings. The van der Waals surface area contributed by atoms with Crippen molar-refractivity contribution in [2.75, 3.05) is 0 Å². The number of hydrogen-bond donors (Lipinski definition) is 1. The molecule has 1 heterocycles. The second kappa shape index (κ2) is 22.5. The average Bonchev–Trinajstić information content (AvgIpc) is 3.37. The maximum absolute atomic E-state index is 6.27. The average molecular weight is 553 g/mol. The summed E-state index contributed by atoms with van der Waals surface area (Å²) in [7, 11) is 0. The molecule has 3 nitrogen and oxygen atoms in total. The van der Waals surface area contributed by atoms with Crippen LogP contribution in [0.1, 0.15) is 155 Å². The molecule has 0 fully saturated rings. The third kappa shape index (κ3) is 14.8. The molecule has 0 saturated carbocycles. The van der Waals surface area contributed by atoms with Gasteiger partial charge in [-0.2, -0.15) is 0 Å². The molecule has 0 aliphatic heterocycles. The van der Waals surface area contributed by atoms with Crippen molar-refractivity contribution in [3.8, 4) is 17.1 Å². The van der Waals surface area contributed by atoms with Crippen LogP contribution in [0, 0.1) is 0 Å². The van der Waals surface area contributed by atoms with Crippen molar-refractivity contribution < 1.29 is 3.79 Å². The van der Waals surface area contributed by atoms with E-state index in [-0.39, 0.29) is 0 Å². The van der Waals surface area contributed by atoms with Gasteiger partial charge in [0, 0.05) is 11.3 Å². The van der Waals surface area contributed by atoms with Gasteiger partial charge in [0.1, 0.15) is 5.82 Å². The zero-order chi connectivity index (χ0) is 28.0. The molecule has 1 aromatic carbocycles. The molecule has 0 atom stereocenters. The maximum atomic E-state index is 6.27. The zero-order valence-electron chi connectivity index (χ0n) is 26.3. The van der Waals surface area contributed by atoms with Gasteiger partial charge in [-0.15, -0.1) is 0 Å². The summed E-state index contributed by atoms with van der Waals surface area (Å²) in [6, 6.07) is 8.66. The summed E-state index contributed by atoms with van der Waals surface area (Å²) in [4.78, 5) is 8.88. The Morgan fingerprint density at radius 2 is 1.05 bits per heavy atom. The Kier molecular flexibility index (Phi) is 19.6. The van der Waals surface area contributed by atoms with E-state index in [4.69, 9.17) is 8.77 Å². The number of aromatic nitrogens is 2. The fourth-order valence-corrected chi connectivity index (χ4v) is 7.00. The van der Waals surface area contributed by atoms with Crippen molar-refractivity contribution in [2.24, 2.45) is 0 Å². The Bertz CT molecular complexity index is 788. The third-order valence-electron chi connectivity index (χ3n) is 8.25. The van der Waals surface area contributed by atoms with Gasteiger partial charge in [-0.3, -0.25) is 0 Å². The second-order valence-corrected chi connectivity index (χ2v) is 14.9. The van der Waals surface area contributed by atoms with E-state index < -0.39 is 14.5 Å². The Hall–Kier alpha value is -1.24. The van der Waals surface area contributed by atoms with Crippen molar-refractivity contribution in [1.29, 1.82) is 0 Å². The van der Waals surface area contributed by atoms with Crippen LogP contribution in [0.15, 0.2) is 24.3 Å². The molecule has 2 rings (SSSR count). The monoisotopic (exact) mass is 552 g/mol. The number of nitrogens with zero attached hydrogens (tertiary/aromatic N) is 1. The summed E-state index contributed by atoms with van der Waals surface area (Å²) in [5, 5.41) is 2.36. The van der Waals surface area contributed by atoms with Gasteiger partial charge in [0.15, 0.2) is 0 Å². The van der Waals surface area contributed by atoms with Crippen LogP contribution in [-0.4, -0.2) is 24.5 Å². The van der Waals surface area contributed by atoms with E-state index in [9.17, 15) is 0 Å². The lowest BCUT2D eigenvalue weighted by Crippen LogP contribution is -2.18. The van der Waals surface area contributed by atoms with Crippen LogP contribution in [-0.2, 0) is 12.8 Å². The minimum absolute atomic E-state index is 1.02. The molecule has 0 spiro atoms. The van der Waals surface area contributed by atoms with Crippen molar-refractivity contribution >= 4 is 14.5 Å². The van der Waals surface area contributed by atoms with Gasteiger partial charge in [-0.05, 0) is 49.9 Å². The Morgan fingerprint density at radius 3 is 1.54 bits per heavy atom. The van der Waals surface area contributed by atoms with Crippen LogP contribution < -0.4 is 3.79 Å². The Balaban J connectivity index is 1.88. The van der Waals surface area contributed by atoms with Gasteiger partial charge in [-0.1, -0.05) is 141 Å². The molecule has 0 saturated heterocycles. The highest BCUT2D eigenvalue weighted by atomic mass is 27.2. The summed E-state index contributed by atoms with van der Waals surface area (Å²) in [6.07, 6.45) is 27.0. The number of H-pyrrole nitrogens is 1. The highest BCUT2D eigenvalue weighted by Crippen LogP contribution is 2.25. The number of aryl methyl sites for hydroxylation is 2. The van der Waals surface area contributed by atoms with Crippen LogP contribution in [0.4, 0.5) is 0 Å². The number of unbranched alkanes of at least 4 members (excludes halogenated alkanes) is 16.